The zero-order valence-electron chi connectivity index (χ0n) is 12.4. The summed E-state index contributed by atoms with van der Waals surface area (Å²) in [5, 5.41) is 3.41. The van der Waals surface area contributed by atoms with Crippen LogP contribution in [0.15, 0.2) is 28.7 Å². The highest BCUT2D eigenvalue weighted by atomic mass is 79.9. The van der Waals surface area contributed by atoms with Crippen LogP contribution in [0.5, 0.6) is 0 Å². The van der Waals surface area contributed by atoms with Crippen molar-refractivity contribution < 1.29 is 8.42 Å². The SMILES string of the molecule is CC(C)NCC(CCS(C)(=O)=O)Cc1ccc(Br)cc1. The number of rotatable bonds is 8. The second-order valence-corrected chi connectivity index (χ2v) is 8.85. The molecule has 20 heavy (non-hydrogen) atoms. The first-order valence-electron chi connectivity index (χ1n) is 6.92. The Morgan fingerprint density at radius 1 is 1.20 bits per heavy atom. The Balaban J connectivity index is 2.63. The van der Waals surface area contributed by atoms with Crippen molar-refractivity contribution in [2.75, 3.05) is 18.6 Å². The Hall–Kier alpha value is -0.390. The summed E-state index contributed by atoms with van der Waals surface area (Å²) in [6, 6.07) is 8.65. The largest absolute Gasteiger partial charge is 0.314 e. The standard InChI is InChI=1S/C15H24BrNO2S/c1-12(2)17-11-14(8-9-20(3,18)19)10-13-4-6-15(16)7-5-13/h4-7,12,14,17H,8-11H2,1-3H3. The predicted molar refractivity (Wildman–Crippen MR) is 88.8 cm³/mol. The van der Waals surface area contributed by atoms with Crippen LogP contribution in [-0.2, 0) is 16.3 Å². The van der Waals surface area contributed by atoms with Gasteiger partial charge in [0.25, 0.3) is 0 Å². The second kappa shape index (κ2) is 8.15. The van der Waals surface area contributed by atoms with Gasteiger partial charge in [0.2, 0.25) is 0 Å². The average Bonchev–Trinajstić information content (AvgIpc) is 2.34. The van der Waals surface area contributed by atoms with Gasteiger partial charge < -0.3 is 5.32 Å². The summed E-state index contributed by atoms with van der Waals surface area (Å²) in [4.78, 5) is 0. The van der Waals surface area contributed by atoms with Crippen molar-refractivity contribution in [1.29, 1.82) is 0 Å². The monoisotopic (exact) mass is 361 g/mol. The highest BCUT2D eigenvalue weighted by molar-refractivity contribution is 9.10. The molecule has 1 unspecified atom stereocenters. The smallest absolute Gasteiger partial charge is 0.147 e. The van der Waals surface area contributed by atoms with Gasteiger partial charge in [-0.3, -0.25) is 0 Å². The molecule has 0 aliphatic heterocycles. The maximum atomic E-state index is 11.3. The van der Waals surface area contributed by atoms with Gasteiger partial charge in [0.15, 0.2) is 0 Å². The third kappa shape index (κ3) is 8.02. The molecule has 0 saturated heterocycles. The normalized spacial score (nSPS) is 13.7. The molecule has 1 aromatic carbocycles. The van der Waals surface area contributed by atoms with E-state index >= 15 is 0 Å². The number of sulfone groups is 1. The Kier molecular flexibility index (Phi) is 7.20. The van der Waals surface area contributed by atoms with Crippen LogP contribution in [0.3, 0.4) is 0 Å². The molecule has 0 bridgehead atoms. The van der Waals surface area contributed by atoms with Gasteiger partial charge in [-0.25, -0.2) is 8.42 Å². The van der Waals surface area contributed by atoms with E-state index in [2.05, 4.69) is 47.2 Å². The summed E-state index contributed by atoms with van der Waals surface area (Å²) in [6.45, 7) is 5.06. The Morgan fingerprint density at radius 2 is 1.80 bits per heavy atom. The van der Waals surface area contributed by atoms with Crippen molar-refractivity contribution in [3.63, 3.8) is 0 Å². The minimum Gasteiger partial charge on any atom is -0.314 e. The molecule has 114 valence electrons. The fourth-order valence-electron chi connectivity index (χ4n) is 2.01. The Morgan fingerprint density at radius 3 is 2.30 bits per heavy atom. The first kappa shape index (κ1) is 17.7. The summed E-state index contributed by atoms with van der Waals surface area (Å²) in [5.41, 5.74) is 1.25. The van der Waals surface area contributed by atoms with Crippen LogP contribution in [0.25, 0.3) is 0 Å². The topological polar surface area (TPSA) is 46.2 Å². The molecule has 0 spiro atoms. The molecule has 5 heteroatoms. The lowest BCUT2D eigenvalue weighted by Gasteiger charge is -2.19. The van der Waals surface area contributed by atoms with Crippen molar-refractivity contribution in [1.82, 2.24) is 5.32 Å². The van der Waals surface area contributed by atoms with Gasteiger partial charge in [-0.1, -0.05) is 41.9 Å². The lowest BCUT2D eigenvalue weighted by atomic mass is 9.96. The number of benzene rings is 1. The molecule has 0 radical (unpaired) electrons. The van der Waals surface area contributed by atoms with Crippen LogP contribution in [0.1, 0.15) is 25.8 Å². The quantitative estimate of drug-likeness (QED) is 0.773. The van der Waals surface area contributed by atoms with Gasteiger partial charge in [-0.2, -0.15) is 0 Å². The average molecular weight is 362 g/mol. The number of halogens is 1. The van der Waals surface area contributed by atoms with Crippen molar-refractivity contribution in [3.8, 4) is 0 Å². The number of hydrogen-bond acceptors (Lipinski definition) is 3. The van der Waals surface area contributed by atoms with E-state index in [4.69, 9.17) is 0 Å². The molecule has 1 N–H and O–H groups in total. The summed E-state index contributed by atoms with van der Waals surface area (Å²) in [7, 11) is -2.89. The van der Waals surface area contributed by atoms with E-state index in [1.807, 2.05) is 12.1 Å². The number of nitrogens with one attached hydrogen (secondary N) is 1. The number of hydrogen-bond donors (Lipinski definition) is 1. The van der Waals surface area contributed by atoms with E-state index in [0.29, 0.717) is 18.4 Å². The second-order valence-electron chi connectivity index (χ2n) is 5.68. The molecule has 0 amide bonds. The molecule has 1 aromatic rings. The van der Waals surface area contributed by atoms with Gasteiger partial charge in [0.05, 0.1) is 5.75 Å². The molecular formula is C15H24BrNO2S. The molecule has 1 rings (SSSR count). The summed E-state index contributed by atoms with van der Waals surface area (Å²) in [6.07, 6.45) is 2.91. The lowest BCUT2D eigenvalue weighted by Crippen LogP contribution is -2.31. The molecule has 0 fully saturated rings. The maximum Gasteiger partial charge on any atom is 0.147 e. The summed E-state index contributed by atoms with van der Waals surface area (Å²) >= 11 is 3.43. The molecule has 0 aromatic heterocycles. The van der Waals surface area contributed by atoms with Crippen LogP contribution in [-0.4, -0.2) is 33.0 Å². The van der Waals surface area contributed by atoms with Gasteiger partial charge in [0.1, 0.15) is 9.84 Å². The van der Waals surface area contributed by atoms with Crippen LogP contribution < -0.4 is 5.32 Å². The van der Waals surface area contributed by atoms with Gasteiger partial charge in [0, 0.05) is 16.8 Å². The molecule has 1 atom stereocenters. The zero-order chi connectivity index (χ0) is 15.2. The fraction of sp³-hybridized carbons (Fsp3) is 0.600. The van der Waals surface area contributed by atoms with Crippen molar-refractivity contribution in [2.24, 2.45) is 5.92 Å². The van der Waals surface area contributed by atoms with Crippen molar-refractivity contribution in [3.05, 3.63) is 34.3 Å². The highest BCUT2D eigenvalue weighted by Gasteiger charge is 2.13. The third-order valence-corrected chi connectivity index (χ3v) is 4.66. The maximum absolute atomic E-state index is 11.3. The molecule has 0 heterocycles. The Bertz CT molecular complexity index is 497. The lowest BCUT2D eigenvalue weighted by molar-refractivity contribution is 0.435. The highest BCUT2D eigenvalue weighted by Crippen LogP contribution is 2.16. The van der Waals surface area contributed by atoms with E-state index < -0.39 is 9.84 Å². The van der Waals surface area contributed by atoms with E-state index in [9.17, 15) is 8.42 Å². The fourth-order valence-corrected chi connectivity index (χ4v) is 3.04. The van der Waals surface area contributed by atoms with Gasteiger partial charge in [-0.15, -0.1) is 0 Å². The predicted octanol–water partition coefficient (Wildman–Crippen LogP) is 3.04. The van der Waals surface area contributed by atoms with E-state index in [1.54, 1.807) is 0 Å². The molecular weight excluding hydrogens is 338 g/mol. The first-order valence-corrected chi connectivity index (χ1v) is 9.77. The van der Waals surface area contributed by atoms with Crippen LogP contribution in [0, 0.1) is 5.92 Å². The van der Waals surface area contributed by atoms with E-state index in [-0.39, 0.29) is 5.75 Å². The van der Waals surface area contributed by atoms with Crippen molar-refractivity contribution >= 4 is 25.8 Å². The van der Waals surface area contributed by atoms with Gasteiger partial charge >= 0.3 is 0 Å². The third-order valence-electron chi connectivity index (χ3n) is 3.15. The molecule has 3 nitrogen and oxygen atoms in total. The minimum atomic E-state index is -2.89. The molecule has 0 aliphatic rings. The van der Waals surface area contributed by atoms with Crippen LogP contribution in [0.4, 0.5) is 0 Å². The van der Waals surface area contributed by atoms with Crippen LogP contribution >= 0.6 is 15.9 Å². The first-order chi connectivity index (χ1) is 9.26. The zero-order valence-corrected chi connectivity index (χ0v) is 14.8. The van der Waals surface area contributed by atoms with Crippen LogP contribution in [0.2, 0.25) is 0 Å². The van der Waals surface area contributed by atoms with E-state index in [1.165, 1.54) is 11.8 Å². The molecule has 0 saturated carbocycles. The summed E-state index contributed by atoms with van der Waals surface area (Å²) in [5.74, 6) is 0.599. The van der Waals surface area contributed by atoms with Crippen molar-refractivity contribution in [2.45, 2.75) is 32.7 Å². The molecule has 0 aliphatic carbocycles. The van der Waals surface area contributed by atoms with Gasteiger partial charge in [-0.05, 0) is 43.0 Å². The summed E-state index contributed by atoms with van der Waals surface area (Å²) < 4.78 is 23.8. The Labute approximate surface area is 131 Å². The minimum absolute atomic E-state index is 0.258. The van der Waals surface area contributed by atoms with E-state index in [0.717, 1.165) is 17.4 Å².